The van der Waals surface area contributed by atoms with Gasteiger partial charge in [-0.2, -0.15) is 0 Å². The first-order chi connectivity index (χ1) is 9.70. The molecule has 0 atom stereocenters. The molecular formula is C16H13NO3. The first kappa shape index (κ1) is 12.3. The number of carboxylic acids is 1. The number of H-pyrrole nitrogens is 1. The van der Waals surface area contributed by atoms with Gasteiger partial charge in [0.2, 0.25) is 0 Å². The van der Waals surface area contributed by atoms with Crippen molar-refractivity contribution in [3.8, 4) is 16.9 Å². The molecule has 4 heteroatoms. The van der Waals surface area contributed by atoms with Gasteiger partial charge in [0, 0.05) is 22.7 Å². The van der Waals surface area contributed by atoms with Crippen LogP contribution < -0.4 is 4.74 Å². The van der Waals surface area contributed by atoms with Crippen LogP contribution in [-0.2, 0) is 0 Å². The van der Waals surface area contributed by atoms with Crippen molar-refractivity contribution >= 4 is 16.9 Å². The molecule has 20 heavy (non-hydrogen) atoms. The van der Waals surface area contributed by atoms with E-state index in [4.69, 9.17) is 4.74 Å². The molecule has 0 saturated heterocycles. The number of hydrogen-bond acceptors (Lipinski definition) is 2. The van der Waals surface area contributed by atoms with Crippen LogP contribution in [0.3, 0.4) is 0 Å². The minimum absolute atomic E-state index is 0.275. The van der Waals surface area contributed by atoms with E-state index in [1.807, 2.05) is 42.5 Å². The number of nitrogens with one attached hydrogen (secondary N) is 1. The Morgan fingerprint density at radius 2 is 2.00 bits per heavy atom. The number of rotatable bonds is 3. The van der Waals surface area contributed by atoms with Crippen LogP contribution in [-0.4, -0.2) is 23.2 Å². The molecule has 4 nitrogen and oxygen atoms in total. The normalized spacial score (nSPS) is 10.7. The summed E-state index contributed by atoms with van der Waals surface area (Å²) < 4.78 is 5.35. The maximum Gasteiger partial charge on any atom is 0.337 e. The number of aromatic carboxylic acids is 1. The highest BCUT2D eigenvalue weighted by molar-refractivity contribution is 6.04. The predicted molar refractivity (Wildman–Crippen MR) is 77.2 cm³/mol. The number of hydrogen-bond donors (Lipinski definition) is 2. The third kappa shape index (κ3) is 1.91. The Kier molecular flexibility index (Phi) is 2.91. The predicted octanol–water partition coefficient (Wildman–Crippen LogP) is 3.54. The minimum atomic E-state index is -0.937. The topological polar surface area (TPSA) is 62.3 Å². The van der Waals surface area contributed by atoms with E-state index in [0.717, 1.165) is 22.4 Å². The average Bonchev–Trinajstić information content (AvgIpc) is 2.90. The summed E-state index contributed by atoms with van der Waals surface area (Å²) in [7, 11) is 1.62. The zero-order valence-electron chi connectivity index (χ0n) is 10.9. The van der Waals surface area contributed by atoms with Gasteiger partial charge < -0.3 is 14.8 Å². The van der Waals surface area contributed by atoms with E-state index in [-0.39, 0.29) is 5.56 Å². The van der Waals surface area contributed by atoms with Crippen molar-refractivity contribution < 1.29 is 14.6 Å². The fourth-order valence-corrected chi connectivity index (χ4v) is 2.35. The number of carboxylic acid groups (broad SMARTS) is 1. The quantitative estimate of drug-likeness (QED) is 0.763. The zero-order chi connectivity index (χ0) is 14.1. The lowest BCUT2D eigenvalue weighted by Crippen LogP contribution is -1.94. The summed E-state index contributed by atoms with van der Waals surface area (Å²) in [6.45, 7) is 0. The number of aromatic amines is 1. The molecule has 0 aliphatic rings. The van der Waals surface area contributed by atoms with Gasteiger partial charge in [-0.05, 0) is 23.8 Å². The van der Waals surface area contributed by atoms with Gasteiger partial charge in [0.1, 0.15) is 5.75 Å². The molecule has 0 fully saturated rings. The maximum atomic E-state index is 11.2. The van der Waals surface area contributed by atoms with Gasteiger partial charge in [0.15, 0.2) is 0 Å². The smallest absolute Gasteiger partial charge is 0.337 e. The minimum Gasteiger partial charge on any atom is -0.496 e. The number of aromatic nitrogens is 1. The number of carbonyl (C=O) groups is 1. The second-order valence-corrected chi connectivity index (χ2v) is 4.47. The largest absolute Gasteiger partial charge is 0.496 e. The molecule has 0 spiro atoms. The summed E-state index contributed by atoms with van der Waals surface area (Å²) in [5.41, 5.74) is 2.95. The second kappa shape index (κ2) is 4.74. The van der Waals surface area contributed by atoms with Gasteiger partial charge in [-0.15, -0.1) is 0 Å². The molecule has 1 heterocycles. The van der Waals surface area contributed by atoms with E-state index < -0.39 is 5.97 Å². The standard InChI is InChI=1S/C16H13NO3/c1-20-15-5-3-2-4-11(15)10-6-7-14-12(8-10)13(9-17-14)16(18)19/h2-9,17H,1H3,(H,18,19). The molecule has 1 aromatic heterocycles. The van der Waals surface area contributed by atoms with Gasteiger partial charge in [0.05, 0.1) is 12.7 Å². The van der Waals surface area contributed by atoms with Crippen LogP contribution in [0.5, 0.6) is 5.75 Å². The van der Waals surface area contributed by atoms with E-state index in [1.54, 1.807) is 7.11 Å². The molecule has 3 rings (SSSR count). The second-order valence-electron chi connectivity index (χ2n) is 4.47. The lowest BCUT2D eigenvalue weighted by atomic mass is 10.0. The molecule has 0 saturated carbocycles. The highest BCUT2D eigenvalue weighted by Gasteiger charge is 2.12. The summed E-state index contributed by atoms with van der Waals surface area (Å²) >= 11 is 0. The van der Waals surface area contributed by atoms with Gasteiger partial charge >= 0.3 is 5.97 Å². The Bertz CT molecular complexity index is 789. The summed E-state index contributed by atoms with van der Waals surface area (Å²) in [5.74, 6) is -0.173. The number of para-hydroxylation sites is 1. The average molecular weight is 267 g/mol. The van der Waals surface area contributed by atoms with Crippen LogP contribution in [0.4, 0.5) is 0 Å². The van der Waals surface area contributed by atoms with Gasteiger partial charge in [-0.25, -0.2) is 4.79 Å². The van der Waals surface area contributed by atoms with E-state index in [9.17, 15) is 9.90 Å². The van der Waals surface area contributed by atoms with Crippen molar-refractivity contribution in [3.05, 3.63) is 54.2 Å². The summed E-state index contributed by atoms with van der Waals surface area (Å²) in [6.07, 6.45) is 1.51. The number of methoxy groups -OCH3 is 1. The Hall–Kier alpha value is -2.75. The van der Waals surface area contributed by atoms with Crippen molar-refractivity contribution in [1.29, 1.82) is 0 Å². The van der Waals surface area contributed by atoms with Crippen molar-refractivity contribution in [2.45, 2.75) is 0 Å². The highest BCUT2D eigenvalue weighted by Crippen LogP contribution is 2.32. The third-order valence-corrected chi connectivity index (χ3v) is 3.33. The fraction of sp³-hybridized carbons (Fsp3) is 0.0625. The van der Waals surface area contributed by atoms with Crippen LogP contribution in [0, 0.1) is 0 Å². The van der Waals surface area contributed by atoms with Gasteiger partial charge in [0.25, 0.3) is 0 Å². The van der Waals surface area contributed by atoms with Crippen LogP contribution in [0.25, 0.3) is 22.0 Å². The van der Waals surface area contributed by atoms with Crippen LogP contribution in [0.2, 0.25) is 0 Å². The lowest BCUT2D eigenvalue weighted by Gasteiger charge is -2.08. The molecule has 0 unspecified atom stereocenters. The Morgan fingerprint density at radius 1 is 1.20 bits per heavy atom. The molecular weight excluding hydrogens is 254 g/mol. The summed E-state index contributed by atoms with van der Waals surface area (Å²) in [5, 5.41) is 9.88. The van der Waals surface area contributed by atoms with Crippen LogP contribution in [0.15, 0.2) is 48.7 Å². The number of ether oxygens (including phenoxy) is 1. The zero-order valence-corrected chi connectivity index (χ0v) is 10.9. The van der Waals surface area contributed by atoms with Crippen molar-refractivity contribution in [3.63, 3.8) is 0 Å². The molecule has 2 aromatic carbocycles. The molecule has 0 radical (unpaired) electrons. The van der Waals surface area contributed by atoms with E-state index in [2.05, 4.69) is 4.98 Å². The molecule has 0 aliphatic heterocycles. The first-order valence-corrected chi connectivity index (χ1v) is 6.18. The fourth-order valence-electron chi connectivity index (χ4n) is 2.35. The van der Waals surface area contributed by atoms with Crippen molar-refractivity contribution in [2.75, 3.05) is 7.11 Å². The van der Waals surface area contributed by atoms with E-state index in [1.165, 1.54) is 6.20 Å². The molecule has 0 bridgehead atoms. The van der Waals surface area contributed by atoms with Crippen molar-refractivity contribution in [1.82, 2.24) is 4.98 Å². The summed E-state index contributed by atoms with van der Waals surface area (Å²) in [4.78, 5) is 14.2. The van der Waals surface area contributed by atoms with Crippen molar-refractivity contribution in [2.24, 2.45) is 0 Å². The molecule has 100 valence electrons. The lowest BCUT2D eigenvalue weighted by molar-refractivity contribution is 0.0699. The SMILES string of the molecule is COc1ccccc1-c1ccc2[nH]cc(C(=O)O)c2c1. The number of benzene rings is 2. The first-order valence-electron chi connectivity index (χ1n) is 6.18. The third-order valence-electron chi connectivity index (χ3n) is 3.33. The molecule has 2 N–H and O–H groups in total. The van der Waals surface area contributed by atoms with E-state index >= 15 is 0 Å². The Balaban J connectivity index is 2.22. The Labute approximate surface area is 115 Å². The van der Waals surface area contributed by atoms with Crippen LogP contribution >= 0.6 is 0 Å². The molecule has 0 amide bonds. The number of fused-ring (bicyclic) bond motifs is 1. The van der Waals surface area contributed by atoms with Gasteiger partial charge in [-0.1, -0.05) is 24.3 Å². The molecule has 3 aromatic rings. The van der Waals surface area contributed by atoms with Gasteiger partial charge in [-0.3, -0.25) is 0 Å². The Morgan fingerprint density at radius 3 is 2.75 bits per heavy atom. The maximum absolute atomic E-state index is 11.2. The van der Waals surface area contributed by atoms with Crippen LogP contribution in [0.1, 0.15) is 10.4 Å². The monoisotopic (exact) mass is 267 g/mol. The van der Waals surface area contributed by atoms with E-state index in [0.29, 0.717) is 5.39 Å². The summed E-state index contributed by atoms with van der Waals surface area (Å²) in [6, 6.07) is 13.4. The molecule has 0 aliphatic carbocycles. The highest BCUT2D eigenvalue weighted by atomic mass is 16.5.